The molecule has 3 nitrogen and oxygen atoms in total. The van der Waals surface area contributed by atoms with Crippen molar-refractivity contribution in [3.63, 3.8) is 0 Å². The van der Waals surface area contributed by atoms with Crippen LogP contribution in [0.4, 0.5) is 0 Å². The van der Waals surface area contributed by atoms with Crippen LogP contribution >= 0.6 is 23.4 Å². The van der Waals surface area contributed by atoms with Crippen molar-refractivity contribution >= 4 is 39.4 Å². The van der Waals surface area contributed by atoms with Crippen LogP contribution in [0.1, 0.15) is 0 Å². The van der Waals surface area contributed by atoms with Crippen molar-refractivity contribution in [3.8, 4) is 5.75 Å². The minimum Gasteiger partial charge on any atom is -0.483 e. The molecule has 0 unspecified atom stereocenters. The first-order valence-electron chi connectivity index (χ1n) is 6.65. The van der Waals surface area contributed by atoms with Gasteiger partial charge in [-0.3, -0.25) is 9.78 Å². The summed E-state index contributed by atoms with van der Waals surface area (Å²) < 4.78 is 5.62. The van der Waals surface area contributed by atoms with E-state index in [1.165, 1.54) is 0 Å². The van der Waals surface area contributed by atoms with Gasteiger partial charge in [-0.1, -0.05) is 29.8 Å². The molecule has 0 aliphatic carbocycles. The van der Waals surface area contributed by atoms with E-state index >= 15 is 0 Å². The average Bonchev–Trinajstić information content (AvgIpc) is 2.55. The molecule has 0 aliphatic heterocycles. The average molecular weight is 330 g/mol. The first-order valence-corrected chi connectivity index (χ1v) is 7.84. The number of nitrogens with zero attached hydrogens (tertiary/aromatic N) is 1. The molecular weight excluding hydrogens is 318 g/mol. The van der Waals surface area contributed by atoms with Gasteiger partial charge in [-0.2, -0.15) is 0 Å². The number of para-hydroxylation sites is 1. The van der Waals surface area contributed by atoms with Crippen molar-refractivity contribution in [2.24, 2.45) is 0 Å². The predicted molar refractivity (Wildman–Crippen MR) is 89.6 cm³/mol. The Balaban J connectivity index is 1.66. The number of hydrogen-bond donors (Lipinski definition) is 0. The lowest BCUT2D eigenvalue weighted by Gasteiger charge is -2.07. The zero-order valence-electron chi connectivity index (χ0n) is 11.5. The number of carbonyl (C=O) groups excluding carboxylic acids is 1. The first-order chi connectivity index (χ1) is 10.7. The second kappa shape index (κ2) is 6.81. The summed E-state index contributed by atoms with van der Waals surface area (Å²) in [4.78, 5) is 17.1. The number of carbonyl (C=O) groups is 1. The molecule has 0 radical (unpaired) electrons. The number of benzene rings is 2. The second-order valence-corrected chi connectivity index (χ2v) is 6.12. The fraction of sp³-hybridized carbons (Fsp3) is 0.0588. The van der Waals surface area contributed by atoms with Gasteiger partial charge in [-0.05, 0) is 48.2 Å². The summed E-state index contributed by atoms with van der Waals surface area (Å²) in [6.07, 6.45) is 1.71. The lowest BCUT2D eigenvalue weighted by molar-refractivity contribution is -0.112. The van der Waals surface area contributed by atoms with Gasteiger partial charge in [0, 0.05) is 21.5 Å². The van der Waals surface area contributed by atoms with Crippen LogP contribution in [0.25, 0.3) is 10.9 Å². The van der Waals surface area contributed by atoms with E-state index in [0.717, 1.165) is 27.6 Å². The Morgan fingerprint density at radius 3 is 2.68 bits per heavy atom. The van der Waals surface area contributed by atoms with Gasteiger partial charge in [-0.25, -0.2) is 0 Å². The third kappa shape index (κ3) is 3.59. The molecule has 5 heteroatoms. The predicted octanol–water partition coefficient (Wildman–Crippen LogP) is 4.59. The number of ether oxygens (including phenoxy) is 1. The molecule has 1 heterocycles. The van der Waals surface area contributed by atoms with Crippen molar-refractivity contribution in [3.05, 3.63) is 65.8 Å². The van der Waals surface area contributed by atoms with Crippen LogP contribution in [-0.4, -0.2) is 16.7 Å². The Bertz CT molecular complexity index is 800. The normalized spacial score (nSPS) is 10.6. The summed E-state index contributed by atoms with van der Waals surface area (Å²) in [7, 11) is 0. The highest BCUT2D eigenvalue weighted by molar-refractivity contribution is 8.13. The molecule has 0 spiro atoms. The molecular formula is C17H12ClNO2S. The molecule has 22 heavy (non-hydrogen) atoms. The standard InChI is InChI=1S/C17H12ClNO2S/c18-13-6-8-14(9-7-13)22-16(20)11-21-15-5-1-3-12-4-2-10-19-17(12)15/h1-10H,11H2. The van der Waals surface area contributed by atoms with E-state index < -0.39 is 0 Å². The SMILES string of the molecule is O=C(COc1cccc2cccnc12)Sc1ccc(Cl)cc1. The van der Waals surface area contributed by atoms with Crippen LogP contribution in [-0.2, 0) is 4.79 Å². The topological polar surface area (TPSA) is 39.2 Å². The lowest BCUT2D eigenvalue weighted by Crippen LogP contribution is -2.07. The van der Waals surface area contributed by atoms with E-state index in [1.54, 1.807) is 18.3 Å². The minimum absolute atomic E-state index is 0.0109. The van der Waals surface area contributed by atoms with E-state index in [9.17, 15) is 4.79 Å². The molecule has 0 saturated heterocycles. The van der Waals surface area contributed by atoms with Gasteiger partial charge >= 0.3 is 0 Å². The molecule has 0 amide bonds. The summed E-state index contributed by atoms with van der Waals surface area (Å²) in [6, 6.07) is 16.6. The molecule has 1 aromatic heterocycles. The number of fused-ring (bicyclic) bond motifs is 1. The zero-order chi connectivity index (χ0) is 15.4. The summed E-state index contributed by atoms with van der Waals surface area (Å²) in [5.41, 5.74) is 0.759. The smallest absolute Gasteiger partial charge is 0.231 e. The van der Waals surface area contributed by atoms with Gasteiger partial charge in [0.05, 0.1) is 0 Å². The van der Waals surface area contributed by atoms with Gasteiger partial charge in [0.15, 0.2) is 6.61 Å². The number of thioether (sulfide) groups is 1. The largest absolute Gasteiger partial charge is 0.483 e. The molecule has 0 atom stereocenters. The van der Waals surface area contributed by atoms with Crippen molar-refractivity contribution in [1.82, 2.24) is 4.98 Å². The van der Waals surface area contributed by atoms with E-state index in [4.69, 9.17) is 16.3 Å². The van der Waals surface area contributed by atoms with Crippen LogP contribution in [0.5, 0.6) is 5.75 Å². The van der Waals surface area contributed by atoms with E-state index in [-0.39, 0.29) is 11.7 Å². The van der Waals surface area contributed by atoms with Crippen LogP contribution in [0.3, 0.4) is 0 Å². The Morgan fingerprint density at radius 1 is 1.09 bits per heavy atom. The summed E-state index contributed by atoms with van der Waals surface area (Å²) in [6.45, 7) is -0.0109. The zero-order valence-corrected chi connectivity index (χ0v) is 13.1. The van der Waals surface area contributed by atoms with E-state index in [2.05, 4.69) is 4.98 Å². The highest BCUT2D eigenvalue weighted by Gasteiger charge is 2.08. The highest BCUT2D eigenvalue weighted by Crippen LogP contribution is 2.25. The molecule has 2 aromatic carbocycles. The Hall–Kier alpha value is -2.04. The maximum Gasteiger partial charge on any atom is 0.231 e. The van der Waals surface area contributed by atoms with Gasteiger partial charge in [0.25, 0.3) is 0 Å². The van der Waals surface area contributed by atoms with Crippen LogP contribution < -0.4 is 4.74 Å². The molecule has 0 bridgehead atoms. The molecule has 0 saturated carbocycles. The summed E-state index contributed by atoms with van der Waals surface area (Å²) in [5, 5.41) is 1.56. The van der Waals surface area contributed by atoms with Gasteiger partial charge in [0.1, 0.15) is 11.3 Å². The molecule has 3 aromatic rings. The van der Waals surface area contributed by atoms with Crippen LogP contribution in [0.15, 0.2) is 65.7 Å². The number of rotatable bonds is 4. The fourth-order valence-electron chi connectivity index (χ4n) is 1.99. The molecule has 0 N–H and O–H groups in total. The van der Waals surface area contributed by atoms with Gasteiger partial charge in [0.2, 0.25) is 5.12 Å². The van der Waals surface area contributed by atoms with Crippen molar-refractivity contribution < 1.29 is 9.53 Å². The fourth-order valence-corrected chi connectivity index (χ4v) is 2.77. The third-order valence-corrected chi connectivity index (χ3v) is 4.09. The Kier molecular flexibility index (Phi) is 4.61. The van der Waals surface area contributed by atoms with Gasteiger partial charge in [-0.15, -0.1) is 0 Å². The maximum atomic E-state index is 12.0. The molecule has 0 fully saturated rings. The quantitative estimate of drug-likeness (QED) is 0.656. The highest BCUT2D eigenvalue weighted by atomic mass is 35.5. The van der Waals surface area contributed by atoms with Crippen molar-refractivity contribution in [2.45, 2.75) is 4.90 Å². The van der Waals surface area contributed by atoms with Crippen LogP contribution in [0.2, 0.25) is 5.02 Å². The number of hydrogen-bond acceptors (Lipinski definition) is 4. The Labute approximate surface area is 137 Å². The lowest BCUT2D eigenvalue weighted by atomic mass is 10.2. The first kappa shape index (κ1) is 14.9. The van der Waals surface area contributed by atoms with E-state index in [1.807, 2.05) is 42.5 Å². The van der Waals surface area contributed by atoms with E-state index in [0.29, 0.717) is 10.8 Å². The van der Waals surface area contributed by atoms with Gasteiger partial charge < -0.3 is 4.74 Å². The van der Waals surface area contributed by atoms with Crippen molar-refractivity contribution in [2.75, 3.05) is 6.61 Å². The van der Waals surface area contributed by atoms with Crippen LogP contribution in [0, 0.1) is 0 Å². The molecule has 110 valence electrons. The summed E-state index contributed by atoms with van der Waals surface area (Å²) in [5.74, 6) is 0.614. The second-order valence-electron chi connectivity index (χ2n) is 4.55. The maximum absolute atomic E-state index is 12.0. The Morgan fingerprint density at radius 2 is 1.86 bits per heavy atom. The minimum atomic E-state index is -0.0738. The number of pyridine rings is 1. The molecule has 3 rings (SSSR count). The third-order valence-electron chi connectivity index (χ3n) is 2.99. The molecule has 0 aliphatic rings. The summed E-state index contributed by atoms with van der Waals surface area (Å²) >= 11 is 6.95. The van der Waals surface area contributed by atoms with Crippen molar-refractivity contribution in [1.29, 1.82) is 0 Å². The number of halogens is 1. The monoisotopic (exact) mass is 329 g/mol. The number of aromatic nitrogens is 1.